The van der Waals surface area contributed by atoms with Crippen LogP contribution in [0.15, 0.2) is 18.6 Å². The van der Waals surface area contributed by atoms with Crippen molar-refractivity contribution in [3.63, 3.8) is 0 Å². The average Bonchev–Trinajstić information content (AvgIpc) is 2.87. The Morgan fingerprint density at radius 2 is 2.39 bits per heavy atom. The van der Waals surface area contributed by atoms with Crippen molar-refractivity contribution in [2.75, 3.05) is 24.6 Å². The summed E-state index contributed by atoms with van der Waals surface area (Å²) in [5.74, 6) is 1.89. The van der Waals surface area contributed by atoms with Crippen LogP contribution >= 0.6 is 0 Å². The molecule has 3 rings (SSSR count). The van der Waals surface area contributed by atoms with Gasteiger partial charge in [0, 0.05) is 31.8 Å². The summed E-state index contributed by atoms with van der Waals surface area (Å²) >= 11 is 0. The van der Waals surface area contributed by atoms with E-state index in [1.807, 2.05) is 12.3 Å². The number of piperidine rings is 1. The largest absolute Gasteiger partial charge is 0.396 e. The van der Waals surface area contributed by atoms with Crippen LogP contribution in [0.2, 0.25) is 0 Å². The van der Waals surface area contributed by atoms with Crippen LogP contribution in [-0.4, -0.2) is 39.8 Å². The number of anilines is 1. The average molecular weight is 246 g/mol. The molecule has 0 spiro atoms. The highest BCUT2D eigenvalue weighted by molar-refractivity contribution is 5.87. The number of aliphatic hydroxyl groups excluding tert-OH is 1. The molecule has 2 aromatic heterocycles. The third-order valence-corrected chi connectivity index (χ3v) is 3.98. The fourth-order valence-electron chi connectivity index (χ4n) is 2.69. The van der Waals surface area contributed by atoms with Crippen molar-refractivity contribution in [1.82, 2.24) is 15.0 Å². The van der Waals surface area contributed by atoms with Gasteiger partial charge in [0.1, 0.15) is 17.8 Å². The highest BCUT2D eigenvalue weighted by atomic mass is 16.3. The van der Waals surface area contributed by atoms with Gasteiger partial charge in [0.2, 0.25) is 0 Å². The Morgan fingerprint density at radius 1 is 1.50 bits per heavy atom. The number of aromatic amines is 1. The van der Waals surface area contributed by atoms with Crippen molar-refractivity contribution in [2.24, 2.45) is 11.8 Å². The molecule has 96 valence electrons. The fraction of sp³-hybridized carbons (Fsp3) is 0.538. The lowest BCUT2D eigenvalue weighted by Crippen LogP contribution is -2.41. The minimum Gasteiger partial charge on any atom is -0.396 e. The zero-order chi connectivity index (χ0) is 12.5. The molecule has 5 heteroatoms. The van der Waals surface area contributed by atoms with E-state index >= 15 is 0 Å². The summed E-state index contributed by atoms with van der Waals surface area (Å²) in [6, 6.07) is 2.01. The number of nitrogens with zero attached hydrogens (tertiary/aromatic N) is 3. The molecule has 18 heavy (non-hydrogen) atoms. The number of aliphatic hydroxyl groups is 1. The first-order valence-corrected chi connectivity index (χ1v) is 6.43. The Labute approximate surface area is 106 Å². The van der Waals surface area contributed by atoms with Gasteiger partial charge in [-0.25, -0.2) is 9.97 Å². The van der Waals surface area contributed by atoms with E-state index in [-0.39, 0.29) is 6.61 Å². The van der Waals surface area contributed by atoms with Crippen molar-refractivity contribution in [2.45, 2.75) is 13.3 Å². The highest BCUT2D eigenvalue weighted by Crippen LogP contribution is 2.29. The van der Waals surface area contributed by atoms with Gasteiger partial charge in [-0.05, 0) is 18.4 Å². The van der Waals surface area contributed by atoms with E-state index in [2.05, 4.69) is 26.8 Å². The Balaban J connectivity index is 1.93. The van der Waals surface area contributed by atoms with Crippen LogP contribution in [0.5, 0.6) is 0 Å². The van der Waals surface area contributed by atoms with Crippen molar-refractivity contribution in [1.29, 1.82) is 0 Å². The molecule has 5 nitrogen and oxygen atoms in total. The van der Waals surface area contributed by atoms with Gasteiger partial charge in [-0.3, -0.25) is 0 Å². The zero-order valence-corrected chi connectivity index (χ0v) is 10.5. The van der Waals surface area contributed by atoms with Crippen LogP contribution in [0.25, 0.3) is 11.0 Å². The first kappa shape index (κ1) is 11.5. The second-order valence-electron chi connectivity index (χ2n) is 5.09. The summed E-state index contributed by atoms with van der Waals surface area (Å²) in [7, 11) is 0. The van der Waals surface area contributed by atoms with E-state index in [1.54, 1.807) is 6.33 Å². The first-order chi connectivity index (χ1) is 8.79. The molecule has 0 aromatic carbocycles. The van der Waals surface area contributed by atoms with Gasteiger partial charge in [-0.2, -0.15) is 0 Å². The second kappa shape index (κ2) is 4.57. The standard InChI is InChI=1S/C13H18N4O/c1-9-3-5-17(6-10(9)7-18)13-11-2-4-14-12(11)15-8-16-13/h2,4,8-10,18H,3,5-7H2,1H3,(H,14,15,16). The van der Waals surface area contributed by atoms with Crippen LogP contribution in [0.3, 0.4) is 0 Å². The quantitative estimate of drug-likeness (QED) is 0.841. The Morgan fingerprint density at radius 3 is 3.22 bits per heavy atom. The number of aromatic nitrogens is 3. The minimum atomic E-state index is 0.249. The SMILES string of the molecule is CC1CCN(c2ncnc3[nH]ccc23)CC1CO. The number of H-pyrrole nitrogens is 1. The molecule has 2 N–H and O–H groups in total. The number of nitrogens with one attached hydrogen (secondary N) is 1. The monoisotopic (exact) mass is 246 g/mol. The molecule has 1 aliphatic heterocycles. The Kier molecular flexibility index (Phi) is 2.91. The molecule has 2 aromatic rings. The molecule has 0 radical (unpaired) electrons. The summed E-state index contributed by atoms with van der Waals surface area (Å²) in [4.78, 5) is 14.0. The van der Waals surface area contributed by atoms with E-state index in [1.165, 1.54) is 0 Å². The molecule has 2 atom stereocenters. The molecule has 1 aliphatic rings. The van der Waals surface area contributed by atoms with Gasteiger partial charge < -0.3 is 15.0 Å². The third-order valence-electron chi connectivity index (χ3n) is 3.98. The number of hydrogen-bond donors (Lipinski definition) is 2. The van der Waals surface area contributed by atoms with Crippen molar-refractivity contribution in [3.05, 3.63) is 18.6 Å². The van der Waals surface area contributed by atoms with Crippen molar-refractivity contribution in [3.8, 4) is 0 Å². The molecule has 0 saturated carbocycles. The molecule has 1 fully saturated rings. The fourth-order valence-corrected chi connectivity index (χ4v) is 2.69. The summed E-state index contributed by atoms with van der Waals surface area (Å²) < 4.78 is 0. The lowest BCUT2D eigenvalue weighted by molar-refractivity contribution is 0.166. The predicted octanol–water partition coefficient (Wildman–Crippen LogP) is 1.41. The molecule has 1 saturated heterocycles. The summed E-state index contributed by atoms with van der Waals surface area (Å²) in [6.45, 7) is 4.33. The third kappa shape index (κ3) is 1.84. The van der Waals surface area contributed by atoms with Crippen LogP contribution in [0.1, 0.15) is 13.3 Å². The van der Waals surface area contributed by atoms with E-state index in [0.717, 1.165) is 36.4 Å². The molecule has 0 bridgehead atoms. The maximum absolute atomic E-state index is 9.43. The van der Waals surface area contributed by atoms with Gasteiger partial charge in [0.05, 0.1) is 5.39 Å². The van der Waals surface area contributed by atoms with Gasteiger partial charge in [-0.15, -0.1) is 0 Å². The molecular formula is C13H18N4O. The number of fused-ring (bicyclic) bond motifs is 1. The summed E-state index contributed by atoms with van der Waals surface area (Å²) in [5.41, 5.74) is 0.874. The van der Waals surface area contributed by atoms with E-state index in [0.29, 0.717) is 11.8 Å². The first-order valence-electron chi connectivity index (χ1n) is 6.43. The molecule has 0 amide bonds. The topological polar surface area (TPSA) is 65.0 Å². The van der Waals surface area contributed by atoms with Gasteiger partial charge in [0.25, 0.3) is 0 Å². The molecule has 2 unspecified atom stereocenters. The summed E-state index contributed by atoms with van der Waals surface area (Å²) in [5, 5.41) is 10.5. The predicted molar refractivity (Wildman–Crippen MR) is 70.5 cm³/mol. The molecule has 0 aliphatic carbocycles. The van der Waals surface area contributed by atoms with Crippen LogP contribution in [0.4, 0.5) is 5.82 Å². The maximum atomic E-state index is 9.43. The highest BCUT2D eigenvalue weighted by Gasteiger charge is 2.27. The van der Waals surface area contributed by atoms with E-state index in [9.17, 15) is 5.11 Å². The van der Waals surface area contributed by atoms with Gasteiger partial charge in [0.15, 0.2) is 0 Å². The van der Waals surface area contributed by atoms with Crippen molar-refractivity contribution < 1.29 is 5.11 Å². The Bertz CT molecular complexity index is 539. The van der Waals surface area contributed by atoms with Gasteiger partial charge >= 0.3 is 0 Å². The maximum Gasteiger partial charge on any atom is 0.142 e. The number of hydrogen-bond acceptors (Lipinski definition) is 4. The Hall–Kier alpha value is -1.62. The van der Waals surface area contributed by atoms with Crippen LogP contribution in [0, 0.1) is 11.8 Å². The second-order valence-corrected chi connectivity index (χ2v) is 5.09. The van der Waals surface area contributed by atoms with Crippen LogP contribution < -0.4 is 4.90 Å². The lowest BCUT2D eigenvalue weighted by Gasteiger charge is -2.37. The van der Waals surface area contributed by atoms with E-state index in [4.69, 9.17) is 0 Å². The normalized spacial score (nSPS) is 24.7. The van der Waals surface area contributed by atoms with Crippen LogP contribution in [-0.2, 0) is 0 Å². The minimum absolute atomic E-state index is 0.249. The van der Waals surface area contributed by atoms with E-state index < -0.39 is 0 Å². The summed E-state index contributed by atoms with van der Waals surface area (Å²) in [6.07, 6.45) is 4.58. The van der Waals surface area contributed by atoms with Crippen molar-refractivity contribution >= 4 is 16.9 Å². The lowest BCUT2D eigenvalue weighted by atomic mass is 9.87. The smallest absolute Gasteiger partial charge is 0.142 e. The molecule has 3 heterocycles. The number of rotatable bonds is 2. The zero-order valence-electron chi connectivity index (χ0n) is 10.5. The molecular weight excluding hydrogens is 228 g/mol. The van der Waals surface area contributed by atoms with Gasteiger partial charge in [-0.1, -0.05) is 6.92 Å².